The Morgan fingerprint density at radius 3 is 1.60 bits per heavy atom. The highest BCUT2D eigenvalue weighted by Gasteiger charge is 2.17. The van der Waals surface area contributed by atoms with Gasteiger partial charge in [-0.25, -0.2) is 0 Å². The molecule has 0 aliphatic carbocycles. The molecule has 0 aromatic carbocycles. The number of hydrogen-bond donors (Lipinski definition) is 1. The van der Waals surface area contributed by atoms with Crippen molar-refractivity contribution in [2.24, 2.45) is 0 Å². The lowest BCUT2D eigenvalue weighted by Crippen LogP contribution is -2.42. The van der Waals surface area contributed by atoms with Crippen molar-refractivity contribution >= 4 is 0 Å². The molecule has 1 N–H and O–H groups in total. The Morgan fingerprint density at radius 1 is 0.867 bits per heavy atom. The largest absolute Gasteiger partial charge is 0.389 e. The van der Waals surface area contributed by atoms with Gasteiger partial charge in [0, 0.05) is 19.6 Å². The molecule has 0 spiro atoms. The molecule has 0 rings (SSSR count). The zero-order valence-electron chi connectivity index (χ0n) is 11.1. The van der Waals surface area contributed by atoms with Crippen LogP contribution in [0.5, 0.6) is 0 Å². The molecule has 92 valence electrons. The van der Waals surface area contributed by atoms with E-state index in [1.807, 2.05) is 13.8 Å². The highest BCUT2D eigenvalue weighted by Crippen LogP contribution is 2.04. The maximum Gasteiger partial charge on any atom is 0.0718 e. The Labute approximate surface area is 95.1 Å². The van der Waals surface area contributed by atoms with E-state index in [0.29, 0.717) is 0 Å². The molecule has 0 bridgehead atoms. The smallest absolute Gasteiger partial charge is 0.0718 e. The molecule has 0 aromatic rings. The second kappa shape index (κ2) is 7.20. The van der Waals surface area contributed by atoms with Crippen LogP contribution >= 0.6 is 0 Å². The number of likely N-dealkylation sites (N-methyl/N-ethyl adjacent to an activating group) is 2. The van der Waals surface area contributed by atoms with Crippen LogP contribution in [0.1, 0.15) is 34.6 Å². The van der Waals surface area contributed by atoms with Crippen LogP contribution in [-0.2, 0) is 0 Å². The van der Waals surface area contributed by atoms with Crippen molar-refractivity contribution < 1.29 is 5.11 Å². The van der Waals surface area contributed by atoms with E-state index in [4.69, 9.17) is 0 Å². The number of nitrogens with zero attached hydrogens (tertiary/aromatic N) is 2. The van der Waals surface area contributed by atoms with Crippen LogP contribution in [0.25, 0.3) is 0 Å². The predicted molar refractivity (Wildman–Crippen MR) is 66.2 cm³/mol. The summed E-state index contributed by atoms with van der Waals surface area (Å²) in [7, 11) is 0. The zero-order chi connectivity index (χ0) is 11.9. The van der Waals surface area contributed by atoms with E-state index in [1.54, 1.807) is 0 Å². The number of aliphatic hydroxyl groups is 1. The first-order valence-electron chi connectivity index (χ1n) is 6.10. The fourth-order valence-electron chi connectivity index (χ4n) is 1.72. The fraction of sp³-hybridized carbons (Fsp3) is 1.00. The second-order valence-corrected chi connectivity index (χ2v) is 4.71. The molecule has 0 unspecified atom stereocenters. The van der Waals surface area contributed by atoms with Crippen molar-refractivity contribution in [2.45, 2.75) is 40.2 Å². The molecule has 0 aromatic heterocycles. The van der Waals surface area contributed by atoms with Gasteiger partial charge in [0.15, 0.2) is 0 Å². The molecule has 0 aliphatic rings. The highest BCUT2D eigenvalue weighted by molar-refractivity contribution is 4.72. The lowest BCUT2D eigenvalue weighted by Gasteiger charge is -2.30. The standard InChI is InChI=1S/C12H28N2O/c1-6-13(7-2)9-10-14(8-3)11-12(4,5)15/h15H,6-11H2,1-5H3. The molecule has 0 radical (unpaired) electrons. The van der Waals surface area contributed by atoms with Gasteiger partial charge in [0.2, 0.25) is 0 Å². The van der Waals surface area contributed by atoms with E-state index in [1.165, 1.54) is 0 Å². The molecule has 0 heterocycles. The van der Waals surface area contributed by atoms with Gasteiger partial charge in [-0.05, 0) is 33.5 Å². The van der Waals surface area contributed by atoms with Crippen LogP contribution in [0.4, 0.5) is 0 Å². The van der Waals surface area contributed by atoms with Gasteiger partial charge in [-0.2, -0.15) is 0 Å². The monoisotopic (exact) mass is 216 g/mol. The summed E-state index contributed by atoms with van der Waals surface area (Å²) in [4.78, 5) is 4.71. The Morgan fingerprint density at radius 2 is 1.27 bits per heavy atom. The minimum Gasteiger partial charge on any atom is -0.389 e. The summed E-state index contributed by atoms with van der Waals surface area (Å²) in [6.45, 7) is 16.4. The Balaban J connectivity index is 3.89. The SMILES string of the molecule is CCN(CC)CCN(CC)CC(C)(C)O. The van der Waals surface area contributed by atoms with Crippen LogP contribution in [0.3, 0.4) is 0 Å². The van der Waals surface area contributed by atoms with Crippen LogP contribution in [0, 0.1) is 0 Å². The quantitative estimate of drug-likeness (QED) is 0.665. The van der Waals surface area contributed by atoms with Crippen LogP contribution in [-0.4, -0.2) is 59.8 Å². The molecule has 0 saturated heterocycles. The van der Waals surface area contributed by atoms with Crippen molar-refractivity contribution in [3.8, 4) is 0 Å². The van der Waals surface area contributed by atoms with E-state index in [0.717, 1.165) is 39.3 Å². The molecule has 3 nitrogen and oxygen atoms in total. The van der Waals surface area contributed by atoms with Gasteiger partial charge in [0.1, 0.15) is 0 Å². The molecule has 0 fully saturated rings. The molecule has 0 saturated carbocycles. The predicted octanol–water partition coefficient (Wildman–Crippen LogP) is 1.42. The van der Waals surface area contributed by atoms with Crippen molar-refractivity contribution in [3.05, 3.63) is 0 Å². The normalized spacial score (nSPS) is 12.8. The summed E-state index contributed by atoms with van der Waals surface area (Å²) in [5.41, 5.74) is -0.584. The lowest BCUT2D eigenvalue weighted by molar-refractivity contribution is 0.0350. The zero-order valence-corrected chi connectivity index (χ0v) is 11.1. The van der Waals surface area contributed by atoms with E-state index < -0.39 is 5.60 Å². The van der Waals surface area contributed by atoms with E-state index in [9.17, 15) is 5.11 Å². The van der Waals surface area contributed by atoms with Gasteiger partial charge >= 0.3 is 0 Å². The third-order valence-electron chi connectivity index (χ3n) is 2.68. The molecule has 0 aliphatic heterocycles. The number of rotatable bonds is 8. The minimum absolute atomic E-state index is 0.584. The minimum atomic E-state index is -0.584. The maximum absolute atomic E-state index is 9.74. The molecule has 0 atom stereocenters. The summed E-state index contributed by atoms with van der Waals surface area (Å²) in [6.07, 6.45) is 0. The van der Waals surface area contributed by atoms with Crippen molar-refractivity contribution in [1.82, 2.24) is 9.80 Å². The second-order valence-electron chi connectivity index (χ2n) is 4.71. The van der Waals surface area contributed by atoms with E-state index >= 15 is 0 Å². The Hall–Kier alpha value is -0.120. The molecule has 15 heavy (non-hydrogen) atoms. The summed E-state index contributed by atoms with van der Waals surface area (Å²) in [6, 6.07) is 0. The van der Waals surface area contributed by atoms with Gasteiger partial charge in [-0.15, -0.1) is 0 Å². The molecule has 0 amide bonds. The summed E-state index contributed by atoms with van der Waals surface area (Å²) in [5.74, 6) is 0. The van der Waals surface area contributed by atoms with Crippen molar-refractivity contribution in [1.29, 1.82) is 0 Å². The van der Waals surface area contributed by atoms with Crippen molar-refractivity contribution in [2.75, 3.05) is 39.3 Å². The summed E-state index contributed by atoms with van der Waals surface area (Å²) >= 11 is 0. The highest BCUT2D eigenvalue weighted by atomic mass is 16.3. The molecule has 3 heteroatoms. The van der Waals surface area contributed by atoms with Crippen molar-refractivity contribution in [3.63, 3.8) is 0 Å². The average Bonchev–Trinajstić information content (AvgIpc) is 2.15. The third kappa shape index (κ3) is 7.77. The van der Waals surface area contributed by atoms with Gasteiger partial charge in [-0.3, -0.25) is 4.90 Å². The topological polar surface area (TPSA) is 26.7 Å². The Bertz CT molecular complexity index is 150. The number of hydrogen-bond acceptors (Lipinski definition) is 3. The third-order valence-corrected chi connectivity index (χ3v) is 2.68. The van der Waals surface area contributed by atoms with Gasteiger partial charge in [0.05, 0.1) is 5.60 Å². The van der Waals surface area contributed by atoms with Gasteiger partial charge in [0.25, 0.3) is 0 Å². The molecular formula is C12H28N2O. The Kier molecular flexibility index (Phi) is 7.14. The van der Waals surface area contributed by atoms with Crippen LogP contribution in [0.15, 0.2) is 0 Å². The van der Waals surface area contributed by atoms with Gasteiger partial charge < -0.3 is 10.0 Å². The summed E-state index contributed by atoms with van der Waals surface area (Å²) in [5, 5.41) is 9.74. The lowest BCUT2D eigenvalue weighted by atomic mass is 10.1. The van der Waals surface area contributed by atoms with Crippen LogP contribution < -0.4 is 0 Å². The van der Waals surface area contributed by atoms with E-state index in [2.05, 4.69) is 30.6 Å². The summed E-state index contributed by atoms with van der Waals surface area (Å²) < 4.78 is 0. The first kappa shape index (κ1) is 14.9. The fourth-order valence-corrected chi connectivity index (χ4v) is 1.72. The van der Waals surface area contributed by atoms with E-state index in [-0.39, 0.29) is 0 Å². The average molecular weight is 216 g/mol. The first-order chi connectivity index (χ1) is 6.92. The maximum atomic E-state index is 9.74. The van der Waals surface area contributed by atoms with Gasteiger partial charge in [-0.1, -0.05) is 20.8 Å². The van der Waals surface area contributed by atoms with Crippen LogP contribution in [0.2, 0.25) is 0 Å². The molecular weight excluding hydrogens is 188 g/mol. The first-order valence-corrected chi connectivity index (χ1v) is 6.10.